The summed E-state index contributed by atoms with van der Waals surface area (Å²) >= 11 is 6.13. The van der Waals surface area contributed by atoms with Crippen LogP contribution in [0.4, 0.5) is 4.39 Å². The van der Waals surface area contributed by atoms with E-state index < -0.39 is 11.8 Å². The summed E-state index contributed by atoms with van der Waals surface area (Å²) in [6.07, 6.45) is 0.489. The van der Waals surface area contributed by atoms with E-state index in [1.54, 1.807) is 26.0 Å². The van der Waals surface area contributed by atoms with E-state index in [-0.39, 0.29) is 17.7 Å². The fourth-order valence-corrected chi connectivity index (χ4v) is 4.41. The van der Waals surface area contributed by atoms with E-state index in [0.29, 0.717) is 0 Å². The highest BCUT2D eigenvalue weighted by molar-refractivity contribution is 6.30. The van der Waals surface area contributed by atoms with Crippen molar-refractivity contribution in [3.8, 4) is 11.1 Å². The lowest BCUT2D eigenvalue weighted by molar-refractivity contribution is 0.0372. The molecule has 1 atom stereocenters. The van der Waals surface area contributed by atoms with E-state index in [4.69, 9.17) is 16.3 Å². The molecular formula is C30H29ClFNO2. The van der Waals surface area contributed by atoms with Gasteiger partial charge in [0.05, 0.1) is 11.7 Å². The smallest absolute Gasteiger partial charge is 0.341 e. The summed E-state index contributed by atoms with van der Waals surface area (Å²) in [6.45, 7) is 6.39. The van der Waals surface area contributed by atoms with Crippen LogP contribution in [-0.2, 0) is 11.2 Å². The number of fused-ring (bicyclic) bond motifs is 1. The number of ether oxygens (including phenoxy) is 1. The summed E-state index contributed by atoms with van der Waals surface area (Å²) in [7, 11) is 0. The highest BCUT2D eigenvalue weighted by Crippen LogP contribution is 2.32. The van der Waals surface area contributed by atoms with Crippen LogP contribution in [0.3, 0.4) is 0 Å². The molecule has 4 rings (SSSR count). The second-order valence-corrected chi connectivity index (χ2v) is 9.43. The van der Waals surface area contributed by atoms with Crippen LogP contribution in [0.15, 0.2) is 78.9 Å². The average Bonchev–Trinajstić information content (AvgIpc) is 2.83. The zero-order chi connectivity index (χ0) is 24.9. The van der Waals surface area contributed by atoms with E-state index >= 15 is 0 Å². The molecule has 0 bridgehead atoms. The predicted molar refractivity (Wildman–Crippen MR) is 141 cm³/mol. The monoisotopic (exact) mass is 489 g/mol. The minimum atomic E-state index is -0.654. The fourth-order valence-electron chi connectivity index (χ4n) is 4.21. The van der Waals surface area contributed by atoms with E-state index in [2.05, 4.69) is 36.5 Å². The van der Waals surface area contributed by atoms with Crippen molar-refractivity contribution in [3.63, 3.8) is 0 Å². The number of carbonyl (C=O) groups is 1. The van der Waals surface area contributed by atoms with Gasteiger partial charge in [0.25, 0.3) is 0 Å². The molecule has 0 aliphatic carbocycles. The van der Waals surface area contributed by atoms with E-state index in [9.17, 15) is 9.18 Å². The molecular weight excluding hydrogens is 461 g/mol. The Balaban J connectivity index is 1.61. The Morgan fingerprint density at radius 2 is 1.77 bits per heavy atom. The predicted octanol–water partition coefficient (Wildman–Crippen LogP) is 7.76. The molecule has 0 unspecified atom stereocenters. The van der Waals surface area contributed by atoms with Crippen LogP contribution in [0.1, 0.15) is 48.3 Å². The Hall–Kier alpha value is -3.21. The lowest BCUT2D eigenvalue weighted by atomic mass is 9.93. The maximum Gasteiger partial charge on any atom is 0.341 e. The summed E-state index contributed by atoms with van der Waals surface area (Å²) in [5.74, 6) is -1.24. The van der Waals surface area contributed by atoms with Gasteiger partial charge < -0.3 is 10.1 Å². The standard InChI is InChI=1S/C30H29ClFNO2/c1-19(2)35-30(34)28-18-24(11-12-29(28)32)27-16-21(15-23-7-4-5-10-26(23)27)13-14-33-20(3)22-8-6-9-25(31)17-22/h4-12,15-20,33H,13-14H2,1-3H3/t20-/m1/s1. The van der Waals surface area contributed by atoms with Crippen LogP contribution in [0, 0.1) is 5.82 Å². The lowest BCUT2D eigenvalue weighted by Gasteiger charge is -2.16. The molecule has 0 fully saturated rings. The molecule has 0 aliphatic heterocycles. The number of halogens is 2. The van der Waals surface area contributed by atoms with E-state index in [0.717, 1.165) is 51.0 Å². The summed E-state index contributed by atoms with van der Waals surface area (Å²) in [5, 5.41) is 6.43. The zero-order valence-corrected chi connectivity index (χ0v) is 20.9. The highest BCUT2D eigenvalue weighted by atomic mass is 35.5. The van der Waals surface area contributed by atoms with Crippen LogP contribution in [0.25, 0.3) is 21.9 Å². The normalized spacial score (nSPS) is 12.2. The van der Waals surface area contributed by atoms with Gasteiger partial charge in [-0.3, -0.25) is 0 Å². The Bertz CT molecular complexity index is 1350. The molecule has 0 aliphatic rings. The van der Waals surface area contributed by atoms with Crippen molar-refractivity contribution in [2.24, 2.45) is 0 Å². The summed E-state index contributed by atoms with van der Waals surface area (Å²) in [6, 6.07) is 25.1. The Morgan fingerprint density at radius 1 is 0.971 bits per heavy atom. The van der Waals surface area contributed by atoms with Crippen molar-refractivity contribution >= 4 is 28.3 Å². The molecule has 5 heteroatoms. The maximum absolute atomic E-state index is 14.5. The molecule has 4 aromatic rings. The highest BCUT2D eigenvalue weighted by Gasteiger charge is 2.17. The average molecular weight is 490 g/mol. The molecule has 0 spiro atoms. The molecule has 4 aromatic carbocycles. The van der Waals surface area contributed by atoms with Gasteiger partial charge >= 0.3 is 5.97 Å². The quantitative estimate of drug-likeness (QED) is 0.257. The van der Waals surface area contributed by atoms with Crippen molar-refractivity contribution in [1.29, 1.82) is 0 Å². The number of nitrogens with one attached hydrogen (secondary N) is 1. The molecule has 0 aromatic heterocycles. The van der Waals surface area contributed by atoms with Crippen LogP contribution in [0.2, 0.25) is 5.02 Å². The number of rotatable bonds is 8. The summed E-state index contributed by atoms with van der Waals surface area (Å²) < 4.78 is 19.7. The number of esters is 1. The van der Waals surface area contributed by atoms with Crippen molar-refractivity contribution in [2.75, 3.05) is 6.54 Å². The fraction of sp³-hybridized carbons (Fsp3) is 0.233. The van der Waals surface area contributed by atoms with Crippen molar-refractivity contribution in [2.45, 2.75) is 39.3 Å². The summed E-state index contributed by atoms with van der Waals surface area (Å²) in [5.41, 5.74) is 3.98. The first kappa shape index (κ1) is 24.9. The number of carbonyl (C=O) groups excluding carboxylic acids is 1. The van der Waals surface area contributed by atoms with Gasteiger partial charge in [-0.2, -0.15) is 0 Å². The molecule has 180 valence electrons. The van der Waals surface area contributed by atoms with Crippen molar-refractivity contribution in [1.82, 2.24) is 5.32 Å². The van der Waals surface area contributed by atoms with Gasteiger partial charge in [0, 0.05) is 11.1 Å². The van der Waals surface area contributed by atoms with Crippen molar-refractivity contribution in [3.05, 3.63) is 106 Å². The minimum absolute atomic E-state index is 0.0531. The van der Waals surface area contributed by atoms with Crippen LogP contribution in [0.5, 0.6) is 0 Å². The van der Waals surface area contributed by atoms with Gasteiger partial charge in [0.2, 0.25) is 0 Å². The van der Waals surface area contributed by atoms with Gasteiger partial charge in [0.1, 0.15) is 5.82 Å². The van der Waals surface area contributed by atoms with Gasteiger partial charge in [-0.05, 0) is 91.0 Å². The van der Waals surface area contributed by atoms with Gasteiger partial charge in [-0.15, -0.1) is 0 Å². The zero-order valence-electron chi connectivity index (χ0n) is 20.1. The number of benzene rings is 4. The minimum Gasteiger partial charge on any atom is -0.459 e. The van der Waals surface area contributed by atoms with Gasteiger partial charge in [-0.25, -0.2) is 9.18 Å². The first-order valence-electron chi connectivity index (χ1n) is 11.8. The third-order valence-corrected chi connectivity index (χ3v) is 6.21. The lowest BCUT2D eigenvalue weighted by Crippen LogP contribution is -2.21. The summed E-state index contributed by atoms with van der Waals surface area (Å²) in [4.78, 5) is 12.5. The van der Waals surface area contributed by atoms with Crippen LogP contribution >= 0.6 is 11.6 Å². The topological polar surface area (TPSA) is 38.3 Å². The molecule has 0 heterocycles. The molecule has 35 heavy (non-hydrogen) atoms. The van der Waals surface area contributed by atoms with Crippen LogP contribution in [-0.4, -0.2) is 18.6 Å². The van der Waals surface area contributed by atoms with Gasteiger partial charge in [-0.1, -0.05) is 66.2 Å². The molecule has 0 radical (unpaired) electrons. The second kappa shape index (κ2) is 11.0. The second-order valence-electron chi connectivity index (χ2n) is 8.99. The Morgan fingerprint density at radius 3 is 2.54 bits per heavy atom. The number of hydrogen-bond donors (Lipinski definition) is 1. The molecule has 1 N–H and O–H groups in total. The third-order valence-electron chi connectivity index (χ3n) is 5.97. The molecule has 0 amide bonds. The van der Waals surface area contributed by atoms with E-state index in [1.807, 2.05) is 36.4 Å². The molecule has 3 nitrogen and oxygen atoms in total. The Kier molecular flexibility index (Phi) is 7.84. The number of hydrogen-bond acceptors (Lipinski definition) is 3. The van der Waals surface area contributed by atoms with Crippen LogP contribution < -0.4 is 5.32 Å². The van der Waals surface area contributed by atoms with Crippen molar-refractivity contribution < 1.29 is 13.9 Å². The molecule has 0 saturated heterocycles. The first-order chi connectivity index (χ1) is 16.8. The third kappa shape index (κ3) is 6.08. The molecule has 0 saturated carbocycles. The largest absolute Gasteiger partial charge is 0.459 e. The maximum atomic E-state index is 14.5. The van der Waals surface area contributed by atoms with Gasteiger partial charge in [0.15, 0.2) is 0 Å². The first-order valence-corrected chi connectivity index (χ1v) is 12.2. The van der Waals surface area contributed by atoms with E-state index in [1.165, 1.54) is 6.07 Å². The SMILES string of the molecule is CC(C)OC(=O)c1cc(-c2cc(CCN[C@H](C)c3cccc(Cl)c3)cc3ccccc23)ccc1F. The Labute approximate surface area is 210 Å².